The van der Waals surface area contributed by atoms with Gasteiger partial charge in [-0.15, -0.1) is 0 Å². The molecule has 0 fully saturated rings. The Kier molecular flexibility index (Phi) is 10.9. The molecule has 0 saturated carbocycles. The van der Waals surface area contributed by atoms with Crippen molar-refractivity contribution >= 4 is 82.2 Å². The summed E-state index contributed by atoms with van der Waals surface area (Å²) >= 11 is 0. The van der Waals surface area contributed by atoms with Crippen LogP contribution in [0.15, 0.2) is 266 Å². The van der Waals surface area contributed by atoms with Gasteiger partial charge in [-0.25, -0.2) is 29.9 Å². The molecule has 17 rings (SSSR count). The molecule has 0 spiro atoms. The van der Waals surface area contributed by atoms with Gasteiger partial charge in [0.25, 0.3) is 0 Å². The second kappa shape index (κ2) is 19.1. The Bertz CT molecular complexity index is 5400. The summed E-state index contributed by atoms with van der Waals surface area (Å²) in [5.74, 6) is 4.21. The van der Waals surface area contributed by atoms with E-state index in [9.17, 15) is 0 Å². The van der Waals surface area contributed by atoms with Crippen molar-refractivity contribution in [3.8, 4) is 79.6 Å². The molecule has 85 heavy (non-hydrogen) atoms. The summed E-state index contributed by atoms with van der Waals surface area (Å²) in [6.45, 7) is 2.20. The van der Waals surface area contributed by atoms with Crippen LogP contribution >= 0.6 is 0 Å². The molecule has 1 atom stereocenters. The number of fused-ring (bicyclic) bond motifs is 9. The van der Waals surface area contributed by atoms with E-state index in [1.54, 1.807) is 0 Å². The molecule has 16 aromatic rings. The average Bonchev–Trinajstić information content (AvgIpc) is 2.85. The van der Waals surface area contributed by atoms with E-state index in [0.717, 1.165) is 121 Å². The Morgan fingerprint density at radius 1 is 0.329 bits per heavy atom. The normalized spacial score (nSPS) is 14.4. The Labute approximate surface area is 485 Å². The number of allylic oxidation sites excluding steroid dienone is 4. The van der Waals surface area contributed by atoms with Crippen LogP contribution in [0.5, 0.6) is 0 Å². The van der Waals surface area contributed by atoms with E-state index in [-0.39, 0.29) is 0 Å². The molecule has 6 aromatic heterocycles. The molecule has 1 aliphatic carbocycles. The molecule has 6 heterocycles. The van der Waals surface area contributed by atoms with Gasteiger partial charge < -0.3 is 17.7 Å². The topological polar surface area (TPSA) is 130 Å². The molecule has 1 aliphatic rings. The third-order valence-corrected chi connectivity index (χ3v) is 16.5. The molecule has 0 N–H and O–H groups in total. The first-order valence-corrected chi connectivity index (χ1v) is 28.3. The van der Waals surface area contributed by atoms with Crippen molar-refractivity contribution in [2.45, 2.75) is 18.8 Å². The van der Waals surface area contributed by atoms with Crippen molar-refractivity contribution in [1.82, 2.24) is 29.9 Å². The fourth-order valence-corrected chi connectivity index (χ4v) is 12.2. The second-order valence-corrected chi connectivity index (χ2v) is 22.1. The van der Waals surface area contributed by atoms with Gasteiger partial charge in [0.05, 0.1) is 11.1 Å². The minimum absolute atomic E-state index is 0.438. The molecule has 1 unspecified atom stereocenters. The number of hydrogen-bond acceptors (Lipinski definition) is 10. The summed E-state index contributed by atoms with van der Waals surface area (Å²) in [4.78, 5) is 30.9. The predicted molar refractivity (Wildman–Crippen MR) is 338 cm³/mol. The fraction of sp³-hybridized carbons (Fsp3) is 0.0400. The summed E-state index contributed by atoms with van der Waals surface area (Å²) in [5.41, 5.74) is 13.2. The molecule has 10 aromatic carbocycles. The van der Waals surface area contributed by atoms with Crippen molar-refractivity contribution in [2.24, 2.45) is 0 Å². The number of para-hydroxylation sites is 6. The van der Waals surface area contributed by atoms with Gasteiger partial charge in [-0.3, -0.25) is 0 Å². The minimum Gasteiger partial charge on any atom is -0.455 e. The van der Waals surface area contributed by atoms with Crippen LogP contribution in [0.25, 0.3) is 162 Å². The van der Waals surface area contributed by atoms with Gasteiger partial charge >= 0.3 is 0 Å². The molecule has 0 aliphatic heterocycles. The van der Waals surface area contributed by atoms with Gasteiger partial charge in [0.15, 0.2) is 40.6 Å². The Morgan fingerprint density at radius 3 is 1.39 bits per heavy atom. The lowest BCUT2D eigenvalue weighted by Gasteiger charge is -2.29. The van der Waals surface area contributed by atoms with Crippen LogP contribution < -0.4 is 0 Å². The SMILES string of the molecule is CC1(c2nc(-c3cc4ccccc4o3)nc(-c3cccc4c3oc3ccccc34)n2)C=CC=C(c2cccc(-c3cccc(-c4ccc5cc(-c6nc(-c7cc8ccccc8o7)nc(-c7cccc8c7oc7ccccc78)n6)ccc5c4)c3)c2)C1. The van der Waals surface area contributed by atoms with Crippen molar-refractivity contribution in [1.29, 1.82) is 0 Å². The lowest BCUT2D eigenvalue weighted by Crippen LogP contribution is -2.25. The zero-order chi connectivity index (χ0) is 56.2. The third kappa shape index (κ3) is 8.33. The molecular weight excluding hydrogens is 1050 g/mol. The van der Waals surface area contributed by atoms with Gasteiger partial charge in [0.2, 0.25) is 0 Å². The standard InChI is InChI=1S/C75H46N6O4/c1-75(74-80-71(79-73(81-74)66-42-52-16-3-7-29-62(52)83-66)60-27-13-25-58-56-23-5-9-31-64(56)85-68(58)60)36-14-21-54(43-75)47-20-11-18-45(38-47)44-17-10-19-46(37-44)48-32-33-50-40-53(35-34-49(50)39-48)69-76-70(78-72(77-69)65-41-51-15-2-6-28-61(51)82-65)59-26-12-24-57-55-22-4-8-30-63(55)84-67(57)59/h2-42H,43H2,1H3. The highest BCUT2D eigenvalue weighted by molar-refractivity contribution is 6.10. The number of rotatable bonds is 9. The molecule has 400 valence electrons. The molecular formula is C75H46N6O4. The highest BCUT2D eigenvalue weighted by Gasteiger charge is 2.33. The van der Waals surface area contributed by atoms with Crippen molar-refractivity contribution < 1.29 is 17.7 Å². The largest absolute Gasteiger partial charge is 0.455 e. The van der Waals surface area contributed by atoms with Crippen molar-refractivity contribution in [2.75, 3.05) is 0 Å². The highest BCUT2D eigenvalue weighted by Crippen LogP contribution is 2.43. The van der Waals surface area contributed by atoms with E-state index in [0.29, 0.717) is 52.9 Å². The Balaban J connectivity index is 0.682. The molecule has 10 nitrogen and oxygen atoms in total. The van der Waals surface area contributed by atoms with Gasteiger partial charge in [0.1, 0.15) is 39.3 Å². The molecule has 0 radical (unpaired) electrons. The van der Waals surface area contributed by atoms with Gasteiger partial charge in [-0.2, -0.15) is 0 Å². The second-order valence-electron chi connectivity index (χ2n) is 22.1. The zero-order valence-corrected chi connectivity index (χ0v) is 45.7. The number of aromatic nitrogens is 6. The monoisotopic (exact) mass is 1090 g/mol. The lowest BCUT2D eigenvalue weighted by molar-refractivity contribution is 0.557. The summed E-state index contributed by atoms with van der Waals surface area (Å²) in [5, 5.41) is 8.17. The van der Waals surface area contributed by atoms with E-state index < -0.39 is 5.41 Å². The summed E-state index contributed by atoms with van der Waals surface area (Å²) in [7, 11) is 0. The smallest absolute Gasteiger partial charge is 0.199 e. The Hall–Kier alpha value is -11.4. The number of benzene rings is 10. The van der Waals surface area contributed by atoms with E-state index in [1.165, 1.54) is 5.57 Å². The molecule has 0 amide bonds. The van der Waals surface area contributed by atoms with Crippen LogP contribution in [0.3, 0.4) is 0 Å². The van der Waals surface area contributed by atoms with E-state index in [2.05, 4.69) is 134 Å². The summed E-state index contributed by atoms with van der Waals surface area (Å²) in [6.07, 6.45) is 7.19. The highest BCUT2D eigenvalue weighted by atomic mass is 16.3. The summed E-state index contributed by atoms with van der Waals surface area (Å²) in [6, 6.07) is 78.8. The van der Waals surface area contributed by atoms with Crippen molar-refractivity contribution in [3.63, 3.8) is 0 Å². The number of hydrogen-bond donors (Lipinski definition) is 0. The van der Waals surface area contributed by atoms with Crippen LogP contribution in [-0.2, 0) is 5.41 Å². The fourth-order valence-electron chi connectivity index (χ4n) is 12.2. The number of furan rings is 4. The van der Waals surface area contributed by atoms with Gasteiger partial charge in [-0.05, 0) is 130 Å². The maximum atomic E-state index is 6.52. The van der Waals surface area contributed by atoms with Crippen molar-refractivity contribution in [3.05, 3.63) is 260 Å². The maximum Gasteiger partial charge on any atom is 0.199 e. The van der Waals surface area contributed by atoms with Crippen LogP contribution in [0.4, 0.5) is 0 Å². The molecule has 10 heteroatoms. The first-order chi connectivity index (χ1) is 41.9. The van der Waals surface area contributed by atoms with E-state index in [1.807, 2.05) is 121 Å². The van der Waals surface area contributed by atoms with Crippen LogP contribution in [0.1, 0.15) is 24.7 Å². The Morgan fingerprint density at radius 2 is 0.776 bits per heavy atom. The van der Waals surface area contributed by atoms with Gasteiger partial charge in [-0.1, -0.05) is 176 Å². The minimum atomic E-state index is -0.602. The first-order valence-electron chi connectivity index (χ1n) is 28.3. The van der Waals surface area contributed by atoms with Crippen LogP contribution in [0, 0.1) is 0 Å². The van der Waals surface area contributed by atoms with Crippen LogP contribution in [0.2, 0.25) is 0 Å². The van der Waals surface area contributed by atoms with E-state index >= 15 is 0 Å². The first kappa shape index (κ1) is 48.4. The number of nitrogens with zero attached hydrogens (tertiary/aromatic N) is 6. The predicted octanol–water partition coefficient (Wildman–Crippen LogP) is 19.5. The van der Waals surface area contributed by atoms with E-state index in [4.69, 9.17) is 47.6 Å². The van der Waals surface area contributed by atoms with Gasteiger partial charge in [0, 0.05) is 43.3 Å². The molecule has 0 saturated heterocycles. The maximum absolute atomic E-state index is 6.52. The third-order valence-electron chi connectivity index (χ3n) is 16.5. The molecule has 0 bridgehead atoms. The lowest BCUT2D eigenvalue weighted by atomic mass is 9.77. The average molecular weight is 1100 g/mol. The quantitative estimate of drug-likeness (QED) is 0.138. The zero-order valence-electron chi connectivity index (χ0n) is 45.7. The summed E-state index contributed by atoms with van der Waals surface area (Å²) < 4.78 is 25.8. The van der Waals surface area contributed by atoms with Crippen LogP contribution in [-0.4, -0.2) is 29.9 Å².